The number of carboxylic acids is 1. The molecule has 1 aromatic carbocycles. The minimum Gasteiger partial charge on any atom is -0.475 e. The van der Waals surface area contributed by atoms with Crippen molar-refractivity contribution in [1.29, 1.82) is 0 Å². The molecular weight excluding hydrogens is 252 g/mol. The fourth-order valence-corrected chi connectivity index (χ4v) is 2.90. The Morgan fingerprint density at radius 2 is 1.95 bits per heavy atom. The van der Waals surface area contributed by atoms with Crippen molar-refractivity contribution in [3.05, 3.63) is 34.6 Å². The average molecular weight is 272 g/mol. The van der Waals surface area contributed by atoms with Crippen molar-refractivity contribution in [3.8, 4) is 0 Å². The van der Waals surface area contributed by atoms with E-state index in [0.717, 1.165) is 40.5 Å². The van der Waals surface area contributed by atoms with E-state index in [1.54, 1.807) is 0 Å². The Balaban J connectivity index is 2.41. The number of hydrogen-bond donors (Lipinski definition) is 1. The van der Waals surface area contributed by atoms with Gasteiger partial charge in [0.15, 0.2) is 0 Å². The molecule has 1 heterocycles. The lowest BCUT2D eigenvalue weighted by atomic mass is 9.84. The quantitative estimate of drug-likeness (QED) is 0.868. The smallest absolute Gasteiger partial charge is 0.372 e. The zero-order valence-electron chi connectivity index (χ0n) is 12.4. The van der Waals surface area contributed by atoms with Crippen LogP contribution in [0, 0.1) is 6.92 Å². The van der Waals surface area contributed by atoms with E-state index < -0.39 is 5.97 Å². The largest absolute Gasteiger partial charge is 0.475 e. The standard InChI is InChI=1S/C17H20O3/c1-9-5-8-11(17(2,3)4)14-12(9)13(10-6-7-10)15(20-14)16(18)19/h5,8,10H,6-7H2,1-4H3,(H,18,19). The van der Waals surface area contributed by atoms with Gasteiger partial charge in [-0.15, -0.1) is 0 Å². The van der Waals surface area contributed by atoms with Crippen molar-refractivity contribution < 1.29 is 14.3 Å². The van der Waals surface area contributed by atoms with E-state index in [4.69, 9.17) is 4.42 Å². The normalized spacial score (nSPS) is 15.8. The van der Waals surface area contributed by atoms with Crippen molar-refractivity contribution in [1.82, 2.24) is 0 Å². The third-order valence-electron chi connectivity index (χ3n) is 4.07. The summed E-state index contributed by atoms with van der Waals surface area (Å²) < 4.78 is 5.80. The lowest BCUT2D eigenvalue weighted by molar-refractivity contribution is 0.0663. The van der Waals surface area contributed by atoms with Gasteiger partial charge in [0.05, 0.1) is 0 Å². The van der Waals surface area contributed by atoms with E-state index >= 15 is 0 Å². The summed E-state index contributed by atoms with van der Waals surface area (Å²) in [5, 5.41) is 10.5. The lowest BCUT2D eigenvalue weighted by Gasteiger charge is -2.19. The molecule has 0 spiro atoms. The molecule has 3 nitrogen and oxygen atoms in total. The van der Waals surface area contributed by atoms with E-state index in [9.17, 15) is 9.90 Å². The Morgan fingerprint density at radius 3 is 2.45 bits per heavy atom. The van der Waals surface area contributed by atoms with Crippen LogP contribution >= 0.6 is 0 Å². The van der Waals surface area contributed by atoms with Crippen molar-refractivity contribution in [2.45, 2.75) is 51.9 Å². The van der Waals surface area contributed by atoms with Crippen LogP contribution in [-0.2, 0) is 5.41 Å². The molecule has 3 rings (SSSR count). The minimum absolute atomic E-state index is 0.0690. The highest BCUT2D eigenvalue weighted by Gasteiger charge is 2.35. The summed E-state index contributed by atoms with van der Waals surface area (Å²) in [4.78, 5) is 11.5. The van der Waals surface area contributed by atoms with Crippen LogP contribution in [0.2, 0.25) is 0 Å². The van der Waals surface area contributed by atoms with Crippen LogP contribution in [0.5, 0.6) is 0 Å². The van der Waals surface area contributed by atoms with Gasteiger partial charge in [0, 0.05) is 16.5 Å². The monoisotopic (exact) mass is 272 g/mol. The lowest BCUT2D eigenvalue weighted by Crippen LogP contribution is -2.11. The highest BCUT2D eigenvalue weighted by molar-refractivity contribution is 5.98. The number of furan rings is 1. The summed E-state index contributed by atoms with van der Waals surface area (Å²) >= 11 is 0. The van der Waals surface area contributed by atoms with Gasteiger partial charge >= 0.3 is 5.97 Å². The molecule has 20 heavy (non-hydrogen) atoms. The first-order chi connectivity index (χ1) is 9.30. The molecule has 0 radical (unpaired) electrons. The Labute approximate surface area is 118 Å². The molecule has 2 aromatic rings. The zero-order valence-corrected chi connectivity index (χ0v) is 12.4. The van der Waals surface area contributed by atoms with Gasteiger partial charge in [-0.1, -0.05) is 32.9 Å². The number of hydrogen-bond acceptors (Lipinski definition) is 2. The molecule has 1 aliphatic rings. The molecule has 1 aliphatic carbocycles. The number of carbonyl (C=O) groups is 1. The van der Waals surface area contributed by atoms with Gasteiger partial charge in [0.2, 0.25) is 5.76 Å². The third kappa shape index (κ3) is 1.92. The molecule has 0 amide bonds. The summed E-state index contributed by atoms with van der Waals surface area (Å²) in [5.74, 6) is -0.457. The van der Waals surface area contributed by atoms with Gasteiger partial charge in [0.1, 0.15) is 5.58 Å². The van der Waals surface area contributed by atoms with E-state index in [2.05, 4.69) is 32.9 Å². The van der Waals surface area contributed by atoms with E-state index in [1.165, 1.54) is 0 Å². The molecule has 1 fully saturated rings. The number of aryl methyl sites for hydroxylation is 1. The molecule has 3 heteroatoms. The number of benzene rings is 1. The van der Waals surface area contributed by atoms with Crippen LogP contribution in [-0.4, -0.2) is 11.1 Å². The molecule has 0 aliphatic heterocycles. The predicted molar refractivity (Wildman–Crippen MR) is 78.6 cm³/mol. The Morgan fingerprint density at radius 1 is 1.30 bits per heavy atom. The van der Waals surface area contributed by atoms with Crippen molar-refractivity contribution in [3.63, 3.8) is 0 Å². The fraction of sp³-hybridized carbons (Fsp3) is 0.471. The minimum atomic E-state index is -0.956. The van der Waals surface area contributed by atoms with E-state index in [-0.39, 0.29) is 11.2 Å². The van der Waals surface area contributed by atoms with Crippen molar-refractivity contribution in [2.75, 3.05) is 0 Å². The topological polar surface area (TPSA) is 50.4 Å². The van der Waals surface area contributed by atoms with Crippen LogP contribution in [0.4, 0.5) is 0 Å². The van der Waals surface area contributed by atoms with Crippen LogP contribution in [0.3, 0.4) is 0 Å². The maximum Gasteiger partial charge on any atom is 0.372 e. The Hall–Kier alpha value is -1.77. The fourth-order valence-electron chi connectivity index (χ4n) is 2.90. The number of carboxylic acid groups (broad SMARTS) is 1. The van der Waals surface area contributed by atoms with Gasteiger partial charge in [0.25, 0.3) is 0 Å². The van der Waals surface area contributed by atoms with Crippen LogP contribution in [0.25, 0.3) is 11.0 Å². The molecular formula is C17H20O3. The highest BCUT2D eigenvalue weighted by Crippen LogP contribution is 2.48. The van der Waals surface area contributed by atoms with Crippen LogP contribution in [0.15, 0.2) is 16.5 Å². The maximum atomic E-state index is 11.5. The van der Waals surface area contributed by atoms with Gasteiger partial charge in [-0.3, -0.25) is 0 Å². The number of aromatic carboxylic acids is 1. The second-order valence-corrected chi connectivity index (χ2v) is 6.81. The highest BCUT2D eigenvalue weighted by atomic mass is 16.4. The number of fused-ring (bicyclic) bond motifs is 1. The van der Waals surface area contributed by atoms with Crippen molar-refractivity contribution in [2.24, 2.45) is 0 Å². The van der Waals surface area contributed by atoms with Gasteiger partial charge < -0.3 is 9.52 Å². The first kappa shape index (κ1) is 13.2. The molecule has 1 saturated carbocycles. The number of rotatable bonds is 2. The maximum absolute atomic E-state index is 11.5. The zero-order chi connectivity index (χ0) is 14.7. The average Bonchev–Trinajstić information content (AvgIpc) is 3.07. The molecule has 0 saturated heterocycles. The summed E-state index contributed by atoms with van der Waals surface area (Å²) in [6.07, 6.45) is 2.13. The molecule has 0 bridgehead atoms. The Bertz CT molecular complexity index is 697. The van der Waals surface area contributed by atoms with Gasteiger partial charge in [-0.05, 0) is 36.7 Å². The molecule has 1 aromatic heterocycles. The summed E-state index contributed by atoms with van der Waals surface area (Å²) in [6.45, 7) is 8.40. The van der Waals surface area contributed by atoms with Crippen LogP contribution in [0.1, 0.15) is 66.8 Å². The summed E-state index contributed by atoms with van der Waals surface area (Å²) in [7, 11) is 0. The SMILES string of the molecule is Cc1ccc(C(C)(C)C)c2oc(C(=O)O)c(C3CC3)c12. The molecule has 106 valence electrons. The first-order valence-electron chi connectivity index (χ1n) is 7.10. The second-order valence-electron chi connectivity index (χ2n) is 6.81. The van der Waals surface area contributed by atoms with Gasteiger partial charge in [-0.2, -0.15) is 0 Å². The van der Waals surface area contributed by atoms with Gasteiger partial charge in [-0.25, -0.2) is 4.79 Å². The molecule has 1 N–H and O–H groups in total. The molecule has 0 atom stereocenters. The van der Waals surface area contributed by atoms with E-state index in [0.29, 0.717) is 5.92 Å². The molecule has 0 unspecified atom stereocenters. The van der Waals surface area contributed by atoms with E-state index in [1.807, 2.05) is 6.92 Å². The Kier molecular flexibility index (Phi) is 2.72. The first-order valence-corrected chi connectivity index (χ1v) is 7.10. The van der Waals surface area contributed by atoms with Crippen LogP contribution < -0.4 is 0 Å². The second kappa shape index (κ2) is 4.11. The van der Waals surface area contributed by atoms with Crippen molar-refractivity contribution >= 4 is 16.9 Å². The third-order valence-corrected chi connectivity index (χ3v) is 4.07. The summed E-state index contributed by atoms with van der Waals surface area (Å²) in [6, 6.07) is 4.14. The predicted octanol–water partition coefficient (Wildman–Crippen LogP) is 4.61. The summed E-state index contributed by atoms with van der Waals surface area (Å²) in [5.41, 5.74) is 3.78.